The summed E-state index contributed by atoms with van der Waals surface area (Å²) in [6.45, 7) is 0. The molecule has 0 atom stereocenters. The van der Waals surface area contributed by atoms with Crippen molar-refractivity contribution in [3.8, 4) is 5.75 Å². The molecule has 1 nitrogen and oxygen atoms in total. The van der Waals surface area contributed by atoms with Gasteiger partial charge in [-0.25, -0.2) is 0 Å². The third-order valence-electron chi connectivity index (χ3n) is 0.779. The standard InChI is InChI=1S/C5H5IOS/c1-7-4-2-5(6)8-3-4/h2-3H,1H3. The summed E-state index contributed by atoms with van der Waals surface area (Å²) < 4.78 is 6.20. The van der Waals surface area contributed by atoms with Gasteiger partial charge in [0, 0.05) is 11.4 Å². The smallest absolute Gasteiger partial charge is 0.130 e. The fourth-order valence-corrected chi connectivity index (χ4v) is 1.67. The fraction of sp³-hybridized carbons (Fsp3) is 0.200. The summed E-state index contributed by atoms with van der Waals surface area (Å²) in [7, 11) is 1.68. The fourth-order valence-electron chi connectivity index (χ4n) is 0.401. The van der Waals surface area contributed by atoms with Gasteiger partial charge in [0.05, 0.1) is 9.99 Å². The van der Waals surface area contributed by atoms with E-state index in [0.29, 0.717) is 0 Å². The minimum atomic E-state index is 0.958. The quantitative estimate of drug-likeness (QED) is 0.684. The van der Waals surface area contributed by atoms with E-state index in [0.717, 1.165) is 5.75 Å². The van der Waals surface area contributed by atoms with E-state index >= 15 is 0 Å². The zero-order valence-electron chi connectivity index (χ0n) is 4.35. The van der Waals surface area contributed by atoms with Gasteiger partial charge in [0.2, 0.25) is 0 Å². The van der Waals surface area contributed by atoms with E-state index in [9.17, 15) is 0 Å². The average molecular weight is 240 g/mol. The van der Waals surface area contributed by atoms with E-state index < -0.39 is 0 Å². The number of hydrogen-bond acceptors (Lipinski definition) is 2. The Labute approximate surface area is 65.8 Å². The molecule has 0 radical (unpaired) electrons. The van der Waals surface area contributed by atoms with Crippen LogP contribution in [0.3, 0.4) is 0 Å². The van der Waals surface area contributed by atoms with Crippen LogP contribution in [0.5, 0.6) is 5.75 Å². The molecule has 0 bridgehead atoms. The maximum absolute atomic E-state index is 4.94. The maximum atomic E-state index is 4.94. The van der Waals surface area contributed by atoms with Crippen molar-refractivity contribution < 1.29 is 4.74 Å². The summed E-state index contributed by atoms with van der Waals surface area (Å²) in [6, 6.07) is 2.01. The predicted molar refractivity (Wildman–Crippen MR) is 43.6 cm³/mol. The summed E-state index contributed by atoms with van der Waals surface area (Å²) >= 11 is 3.95. The van der Waals surface area contributed by atoms with Crippen LogP contribution in [0.4, 0.5) is 0 Å². The highest BCUT2D eigenvalue weighted by Crippen LogP contribution is 2.21. The van der Waals surface area contributed by atoms with Crippen molar-refractivity contribution in [2.45, 2.75) is 0 Å². The molecule has 1 heterocycles. The van der Waals surface area contributed by atoms with Crippen LogP contribution < -0.4 is 4.74 Å². The topological polar surface area (TPSA) is 9.23 Å². The summed E-state index contributed by atoms with van der Waals surface area (Å²) in [5, 5.41) is 1.99. The van der Waals surface area contributed by atoms with Gasteiger partial charge in [0.15, 0.2) is 0 Å². The SMILES string of the molecule is COc1csc(I)c1. The van der Waals surface area contributed by atoms with Crippen LogP contribution in [0.15, 0.2) is 11.4 Å². The Bertz CT molecular complexity index is 173. The highest BCUT2D eigenvalue weighted by atomic mass is 127. The van der Waals surface area contributed by atoms with Crippen LogP contribution in [0.1, 0.15) is 0 Å². The molecule has 44 valence electrons. The molecule has 1 rings (SSSR count). The first kappa shape index (κ1) is 6.35. The number of thiophene rings is 1. The van der Waals surface area contributed by atoms with E-state index in [1.54, 1.807) is 18.4 Å². The lowest BCUT2D eigenvalue weighted by atomic mass is 10.6. The monoisotopic (exact) mass is 240 g/mol. The first-order valence-electron chi connectivity index (χ1n) is 2.11. The Morgan fingerprint density at radius 1 is 1.75 bits per heavy atom. The number of halogens is 1. The van der Waals surface area contributed by atoms with Gasteiger partial charge in [-0.15, -0.1) is 11.3 Å². The molecule has 0 spiro atoms. The van der Waals surface area contributed by atoms with Crippen molar-refractivity contribution in [3.05, 3.63) is 14.3 Å². The lowest BCUT2D eigenvalue weighted by Gasteiger charge is -1.87. The summed E-state index contributed by atoms with van der Waals surface area (Å²) in [4.78, 5) is 0. The van der Waals surface area contributed by atoms with Crippen LogP contribution in [-0.4, -0.2) is 7.11 Å². The molecular weight excluding hydrogens is 235 g/mol. The molecule has 1 aromatic rings. The zero-order chi connectivity index (χ0) is 5.98. The van der Waals surface area contributed by atoms with Crippen molar-refractivity contribution in [1.82, 2.24) is 0 Å². The molecule has 0 amide bonds. The zero-order valence-corrected chi connectivity index (χ0v) is 7.32. The Morgan fingerprint density at radius 3 is 2.75 bits per heavy atom. The second-order valence-electron chi connectivity index (χ2n) is 1.29. The van der Waals surface area contributed by atoms with Crippen molar-refractivity contribution in [2.24, 2.45) is 0 Å². The van der Waals surface area contributed by atoms with E-state index in [4.69, 9.17) is 4.74 Å². The Morgan fingerprint density at radius 2 is 2.50 bits per heavy atom. The Hall–Kier alpha value is 0.230. The van der Waals surface area contributed by atoms with Gasteiger partial charge < -0.3 is 4.74 Å². The molecule has 0 aliphatic carbocycles. The molecule has 0 saturated carbocycles. The maximum Gasteiger partial charge on any atom is 0.130 e. The molecule has 3 heteroatoms. The van der Waals surface area contributed by atoms with Gasteiger partial charge in [-0.3, -0.25) is 0 Å². The van der Waals surface area contributed by atoms with Crippen LogP contribution in [-0.2, 0) is 0 Å². The first-order chi connectivity index (χ1) is 3.83. The van der Waals surface area contributed by atoms with E-state index in [1.165, 1.54) is 2.88 Å². The summed E-state index contributed by atoms with van der Waals surface area (Å²) in [5.74, 6) is 0.958. The van der Waals surface area contributed by atoms with Gasteiger partial charge in [-0.05, 0) is 22.6 Å². The highest BCUT2D eigenvalue weighted by Gasteiger charge is 1.92. The molecular formula is C5H5IOS. The molecule has 0 aliphatic rings. The number of hydrogen-bond donors (Lipinski definition) is 0. The Balaban J connectivity index is 2.84. The van der Waals surface area contributed by atoms with Crippen LogP contribution >= 0.6 is 33.9 Å². The second-order valence-corrected chi connectivity index (χ2v) is 4.10. The van der Waals surface area contributed by atoms with E-state index in [2.05, 4.69) is 22.6 Å². The summed E-state index contributed by atoms with van der Waals surface area (Å²) in [6.07, 6.45) is 0. The van der Waals surface area contributed by atoms with E-state index in [-0.39, 0.29) is 0 Å². The van der Waals surface area contributed by atoms with Crippen molar-refractivity contribution in [2.75, 3.05) is 7.11 Å². The number of ether oxygens (including phenoxy) is 1. The van der Waals surface area contributed by atoms with E-state index in [1.807, 2.05) is 11.4 Å². The average Bonchev–Trinajstić information content (AvgIpc) is 2.14. The first-order valence-corrected chi connectivity index (χ1v) is 4.07. The van der Waals surface area contributed by atoms with Gasteiger partial charge in [-0.2, -0.15) is 0 Å². The van der Waals surface area contributed by atoms with Crippen LogP contribution in [0.2, 0.25) is 0 Å². The number of methoxy groups -OCH3 is 1. The third-order valence-corrected chi connectivity index (χ3v) is 2.55. The van der Waals surface area contributed by atoms with Gasteiger partial charge in [-0.1, -0.05) is 0 Å². The Kier molecular flexibility index (Phi) is 2.13. The normalized spacial score (nSPS) is 9.25. The lowest BCUT2D eigenvalue weighted by Crippen LogP contribution is -1.75. The van der Waals surface area contributed by atoms with Gasteiger partial charge >= 0.3 is 0 Å². The predicted octanol–water partition coefficient (Wildman–Crippen LogP) is 2.36. The molecule has 0 fully saturated rings. The molecule has 8 heavy (non-hydrogen) atoms. The molecule has 1 aromatic heterocycles. The lowest BCUT2D eigenvalue weighted by molar-refractivity contribution is 0.416. The van der Waals surface area contributed by atoms with Crippen molar-refractivity contribution in [3.63, 3.8) is 0 Å². The van der Waals surface area contributed by atoms with Crippen LogP contribution in [0, 0.1) is 2.88 Å². The third kappa shape index (κ3) is 1.35. The van der Waals surface area contributed by atoms with Gasteiger partial charge in [0.1, 0.15) is 5.75 Å². The molecule has 0 unspecified atom stereocenters. The minimum absolute atomic E-state index is 0.958. The molecule has 0 saturated heterocycles. The largest absolute Gasteiger partial charge is 0.496 e. The summed E-state index contributed by atoms with van der Waals surface area (Å²) in [5.41, 5.74) is 0. The highest BCUT2D eigenvalue weighted by molar-refractivity contribution is 14.1. The number of rotatable bonds is 1. The molecule has 0 aromatic carbocycles. The second kappa shape index (κ2) is 2.68. The minimum Gasteiger partial charge on any atom is -0.496 e. The molecule has 0 aliphatic heterocycles. The van der Waals surface area contributed by atoms with Gasteiger partial charge in [0.25, 0.3) is 0 Å². The van der Waals surface area contributed by atoms with Crippen LogP contribution in [0.25, 0.3) is 0 Å². The van der Waals surface area contributed by atoms with Crippen molar-refractivity contribution >= 4 is 33.9 Å². The van der Waals surface area contributed by atoms with Crippen molar-refractivity contribution in [1.29, 1.82) is 0 Å². The molecule has 0 N–H and O–H groups in total.